The topological polar surface area (TPSA) is 56.3 Å². The van der Waals surface area contributed by atoms with Crippen LogP contribution in [0, 0.1) is 12.7 Å². The molecule has 0 radical (unpaired) electrons. The van der Waals surface area contributed by atoms with Gasteiger partial charge in [-0.25, -0.2) is 14.4 Å². The molecule has 23 heavy (non-hydrogen) atoms. The van der Waals surface area contributed by atoms with Crippen molar-refractivity contribution in [2.75, 3.05) is 19.5 Å². The van der Waals surface area contributed by atoms with Crippen LogP contribution in [-0.4, -0.2) is 24.2 Å². The molecule has 0 aliphatic rings. The van der Waals surface area contributed by atoms with Crippen LogP contribution in [0.4, 0.5) is 15.9 Å². The predicted molar refractivity (Wildman–Crippen MR) is 87.1 cm³/mol. The lowest BCUT2D eigenvalue weighted by atomic mass is 10.2. The molecule has 0 unspecified atom stereocenters. The zero-order valence-corrected chi connectivity index (χ0v) is 13.1. The molecule has 0 bridgehead atoms. The molecule has 0 spiro atoms. The summed E-state index contributed by atoms with van der Waals surface area (Å²) >= 11 is 0. The van der Waals surface area contributed by atoms with Gasteiger partial charge in [-0.3, -0.25) is 0 Å². The molecule has 6 heteroatoms. The van der Waals surface area contributed by atoms with Crippen LogP contribution in [0.25, 0.3) is 10.9 Å². The number of rotatable bonds is 4. The summed E-state index contributed by atoms with van der Waals surface area (Å²) in [6, 6.07) is 8.50. The van der Waals surface area contributed by atoms with Crippen LogP contribution < -0.4 is 14.8 Å². The molecule has 0 saturated carbocycles. The third-order valence-electron chi connectivity index (χ3n) is 3.52. The van der Waals surface area contributed by atoms with Crippen LogP contribution in [0.5, 0.6) is 11.5 Å². The van der Waals surface area contributed by atoms with Gasteiger partial charge in [-0.05, 0) is 30.7 Å². The molecule has 1 aromatic heterocycles. The number of hydrogen-bond acceptors (Lipinski definition) is 5. The Hall–Kier alpha value is -2.89. The van der Waals surface area contributed by atoms with E-state index in [9.17, 15) is 4.39 Å². The molecule has 1 heterocycles. The molecule has 0 aliphatic heterocycles. The molecule has 1 N–H and O–H groups in total. The van der Waals surface area contributed by atoms with Gasteiger partial charge in [-0.2, -0.15) is 0 Å². The first-order chi connectivity index (χ1) is 11.1. The standard InChI is InChI=1S/C17H16FN3O2/c1-10-4-5-13(12(18)6-10)21-17-11-7-15(22-2)16(23-3)8-14(11)19-9-20-17/h4-9H,1-3H3,(H,19,20,21). The summed E-state index contributed by atoms with van der Waals surface area (Å²) < 4.78 is 24.6. The van der Waals surface area contributed by atoms with Gasteiger partial charge < -0.3 is 14.8 Å². The van der Waals surface area contributed by atoms with Crippen LogP contribution in [0.15, 0.2) is 36.7 Å². The summed E-state index contributed by atoms with van der Waals surface area (Å²) in [6.07, 6.45) is 1.42. The van der Waals surface area contributed by atoms with Crippen molar-refractivity contribution in [1.82, 2.24) is 9.97 Å². The Morgan fingerprint density at radius 2 is 1.74 bits per heavy atom. The average molecular weight is 313 g/mol. The Kier molecular flexibility index (Phi) is 3.97. The Bertz CT molecular complexity index is 868. The van der Waals surface area contributed by atoms with Crippen LogP contribution >= 0.6 is 0 Å². The van der Waals surface area contributed by atoms with E-state index in [-0.39, 0.29) is 5.82 Å². The van der Waals surface area contributed by atoms with Gasteiger partial charge in [0.2, 0.25) is 0 Å². The highest BCUT2D eigenvalue weighted by Gasteiger charge is 2.12. The van der Waals surface area contributed by atoms with Crippen molar-refractivity contribution < 1.29 is 13.9 Å². The maximum atomic E-state index is 14.0. The maximum absolute atomic E-state index is 14.0. The highest BCUT2D eigenvalue weighted by atomic mass is 19.1. The minimum Gasteiger partial charge on any atom is -0.493 e. The second-order valence-corrected chi connectivity index (χ2v) is 5.05. The highest BCUT2D eigenvalue weighted by molar-refractivity contribution is 5.93. The SMILES string of the molecule is COc1cc2ncnc(Nc3ccc(C)cc3F)c2cc1OC. The fourth-order valence-electron chi connectivity index (χ4n) is 2.33. The molecule has 5 nitrogen and oxygen atoms in total. The summed E-state index contributed by atoms with van der Waals surface area (Å²) in [6.45, 7) is 1.84. The second-order valence-electron chi connectivity index (χ2n) is 5.05. The van der Waals surface area contributed by atoms with E-state index in [0.29, 0.717) is 33.9 Å². The van der Waals surface area contributed by atoms with Crippen molar-refractivity contribution in [3.05, 3.63) is 48.0 Å². The summed E-state index contributed by atoms with van der Waals surface area (Å²) in [4.78, 5) is 8.43. The van der Waals surface area contributed by atoms with Crippen LogP contribution in [0.3, 0.4) is 0 Å². The van der Waals surface area contributed by atoms with Gasteiger partial charge in [0, 0.05) is 11.5 Å². The fourth-order valence-corrected chi connectivity index (χ4v) is 2.33. The molecule has 3 aromatic rings. The molecular formula is C17H16FN3O2. The molecule has 118 valence electrons. The molecule has 0 aliphatic carbocycles. The Morgan fingerprint density at radius 3 is 2.43 bits per heavy atom. The van der Waals surface area contributed by atoms with Gasteiger partial charge in [0.25, 0.3) is 0 Å². The number of hydrogen-bond donors (Lipinski definition) is 1. The zero-order valence-electron chi connectivity index (χ0n) is 13.1. The van der Waals surface area contributed by atoms with Crippen LogP contribution in [0.2, 0.25) is 0 Å². The monoisotopic (exact) mass is 313 g/mol. The number of aryl methyl sites for hydroxylation is 1. The Balaban J connectivity index is 2.10. The quantitative estimate of drug-likeness (QED) is 0.793. The van der Waals surface area contributed by atoms with Crippen molar-refractivity contribution in [3.8, 4) is 11.5 Å². The lowest BCUT2D eigenvalue weighted by Gasteiger charge is -2.12. The summed E-state index contributed by atoms with van der Waals surface area (Å²) in [5, 5.41) is 3.72. The average Bonchev–Trinajstić information content (AvgIpc) is 2.56. The van der Waals surface area contributed by atoms with Crippen molar-refractivity contribution in [2.45, 2.75) is 6.92 Å². The van der Waals surface area contributed by atoms with Gasteiger partial charge in [0.1, 0.15) is 18.0 Å². The lowest BCUT2D eigenvalue weighted by Crippen LogP contribution is -1.99. The smallest absolute Gasteiger partial charge is 0.162 e. The van der Waals surface area contributed by atoms with Gasteiger partial charge in [0.05, 0.1) is 25.4 Å². The predicted octanol–water partition coefficient (Wildman–Crippen LogP) is 3.84. The van der Waals surface area contributed by atoms with Crippen molar-refractivity contribution in [3.63, 3.8) is 0 Å². The van der Waals surface area contributed by atoms with E-state index in [1.807, 2.05) is 13.0 Å². The normalized spacial score (nSPS) is 10.6. The molecule has 2 aromatic carbocycles. The van der Waals surface area contributed by atoms with E-state index in [4.69, 9.17) is 9.47 Å². The first-order valence-corrected chi connectivity index (χ1v) is 7.02. The summed E-state index contributed by atoms with van der Waals surface area (Å²) in [7, 11) is 3.12. The number of aromatic nitrogens is 2. The number of halogens is 1. The number of ether oxygens (including phenoxy) is 2. The molecule has 0 saturated heterocycles. The van der Waals surface area contributed by atoms with Crippen LogP contribution in [0.1, 0.15) is 5.56 Å². The Labute approximate surface area is 133 Å². The molecule has 3 rings (SSSR count). The number of nitrogens with one attached hydrogen (secondary N) is 1. The molecule has 0 fully saturated rings. The first kappa shape index (κ1) is 15.0. The fraction of sp³-hybridized carbons (Fsp3) is 0.176. The molecular weight excluding hydrogens is 297 g/mol. The third kappa shape index (κ3) is 2.88. The van der Waals surface area contributed by atoms with Gasteiger partial charge in [0.15, 0.2) is 11.5 Å². The lowest BCUT2D eigenvalue weighted by molar-refractivity contribution is 0.356. The summed E-state index contributed by atoms with van der Waals surface area (Å²) in [5.74, 6) is 1.30. The zero-order chi connectivity index (χ0) is 16.4. The van der Waals surface area contributed by atoms with E-state index in [1.165, 1.54) is 12.4 Å². The minimum atomic E-state index is -0.336. The number of fused-ring (bicyclic) bond motifs is 1. The van der Waals surface area contributed by atoms with Crippen molar-refractivity contribution in [1.29, 1.82) is 0 Å². The van der Waals surface area contributed by atoms with Crippen LogP contribution in [-0.2, 0) is 0 Å². The first-order valence-electron chi connectivity index (χ1n) is 7.02. The van der Waals surface area contributed by atoms with Gasteiger partial charge >= 0.3 is 0 Å². The number of nitrogens with zero attached hydrogens (tertiary/aromatic N) is 2. The maximum Gasteiger partial charge on any atom is 0.162 e. The minimum absolute atomic E-state index is 0.336. The molecule has 0 amide bonds. The van der Waals surface area contributed by atoms with E-state index in [1.54, 1.807) is 32.4 Å². The van der Waals surface area contributed by atoms with Gasteiger partial charge in [-0.15, -0.1) is 0 Å². The Morgan fingerprint density at radius 1 is 1.00 bits per heavy atom. The van der Waals surface area contributed by atoms with E-state index in [0.717, 1.165) is 5.56 Å². The molecule has 0 atom stereocenters. The highest BCUT2D eigenvalue weighted by Crippen LogP contribution is 2.34. The van der Waals surface area contributed by atoms with Gasteiger partial charge in [-0.1, -0.05) is 6.07 Å². The number of benzene rings is 2. The second kappa shape index (κ2) is 6.08. The number of anilines is 2. The largest absolute Gasteiger partial charge is 0.493 e. The van der Waals surface area contributed by atoms with E-state index >= 15 is 0 Å². The third-order valence-corrected chi connectivity index (χ3v) is 3.52. The van der Waals surface area contributed by atoms with E-state index in [2.05, 4.69) is 15.3 Å². The van der Waals surface area contributed by atoms with Crippen molar-refractivity contribution in [2.24, 2.45) is 0 Å². The summed E-state index contributed by atoms with van der Waals surface area (Å²) in [5.41, 5.74) is 1.88. The van der Waals surface area contributed by atoms with Crippen molar-refractivity contribution >= 4 is 22.4 Å². The number of methoxy groups -OCH3 is 2. The van der Waals surface area contributed by atoms with E-state index < -0.39 is 0 Å².